The van der Waals surface area contributed by atoms with Gasteiger partial charge >= 0.3 is 0 Å². The topological polar surface area (TPSA) is 48.1 Å². The largest absolute Gasteiger partial charge is 0.474 e. The zero-order valence-corrected chi connectivity index (χ0v) is 12.9. The molecule has 2 aromatic rings. The number of aromatic nitrogens is 1. The molecular formula is C18H24N2O. The van der Waals surface area contributed by atoms with Crippen LogP contribution in [0.4, 0.5) is 0 Å². The second-order valence-electron chi connectivity index (χ2n) is 6.50. The second-order valence-corrected chi connectivity index (χ2v) is 6.50. The van der Waals surface area contributed by atoms with E-state index in [0.29, 0.717) is 6.54 Å². The minimum atomic E-state index is 0.281. The number of pyridine rings is 1. The quantitative estimate of drug-likeness (QED) is 0.930. The maximum Gasteiger partial charge on any atom is 0.214 e. The predicted octanol–water partition coefficient (Wildman–Crippen LogP) is 3.90. The molecule has 2 atom stereocenters. The number of nitrogens with zero attached hydrogens (tertiary/aromatic N) is 1. The van der Waals surface area contributed by atoms with Crippen LogP contribution in [0.3, 0.4) is 0 Å². The number of fused-ring (bicyclic) bond motifs is 1. The summed E-state index contributed by atoms with van der Waals surface area (Å²) >= 11 is 0. The van der Waals surface area contributed by atoms with Gasteiger partial charge in [0, 0.05) is 18.0 Å². The van der Waals surface area contributed by atoms with Gasteiger partial charge in [0.25, 0.3) is 0 Å². The van der Waals surface area contributed by atoms with E-state index >= 15 is 0 Å². The van der Waals surface area contributed by atoms with Crippen LogP contribution in [-0.4, -0.2) is 11.1 Å². The fourth-order valence-electron chi connectivity index (χ4n) is 3.59. The summed E-state index contributed by atoms with van der Waals surface area (Å²) in [4.78, 5) is 4.65. The Morgan fingerprint density at radius 2 is 1.86 bits per heavy atom. The number of ether oxygens (including phenoxy) is 1. The van der Waals surface area contributed by atoms with Crippen molar-refractivity contribution in [3.8, 4) is 5.88 Å². The summed E-state index contributed by atoms with van der Waals surface area (Å²) in [5.74, 6) is 2.18. The van der Waals surface area contributed by atoms with Gasteiger partial charge in [-0.25, -0.2) is 4.98 Å². The highest BCUT2D eigenvalue weighted by Gasteiger charge is 2.25. The molecule has 1 heterocycles. The maximum absolute atomic E-state index is 6.18. The van der Waals surface area contributed by atoms with Crippen molar-refractivity contribution in [2.75, 3.05) is 0 Å². The van der Waals surface area contributed by atoms with Crippen molar-refractivity contribution in [1.29, 1.82) is 0 Å². The molecule has 1 saturated carbocycles. The van der Waals surface area contributed by atoms with Crippen LogP contribution in [-0.2, 0) is 6.54 Å². The van der Waals surface area contributed by atoms with E-state index in [0.717, 1.165) is 47.0 Å². The van der Waals surface area contributed by atoms with Crippen molar-refractivity contribution >= 4 is 10.9 Å². The maximum atomic E-state index is 6.18. The zero-order valence-electron chi connectivity index (χ0n) is 12.9. The molecule has 0 bridgehead atoms. The smallest absolute Gasteiger partial charge is 0.214 e. The summed E-state index contributed by atoms with van der Waals surface area (Å²) < 4.78 is 6.18. The van der Waals surface area contributed by atoms with Crippen LogP contribution >= 0.6 is 0 Å². The van der Waals surface area contributed by atoms with Crippen molar-refractivity contribution < 1.29 is 4.74 Å². The Labute approximate surface area is 126 Å². The predicted molar refractivity (Wildman–Crippen MR) is 86.2 cm³/mol. The Hall–Kier alpha value is -1.61. The van der Waals surface area contributed by atoms with Gasteiger partial charge in [0.15, 0.2) is 0 Å². The van der Waals surface area contributed by atoms with E-state index < -0.39 is 0 Å². The SMILES string of the molecule is CC1CC(C)CC(Oc2cc(CN)c3ccccc3n2)C1. The fraction of sp³-hybridized carbons (Fsp3) is 0.500. The third kappa shape index (κ3) is 3.18. The summed E-state index contributed by atoms with van der Waals surface area (Å²) in [5, 5.41) is 1.12. The van der Waals surface area contributed by atoms with E-state index in [-0.39, 0.29) is 6.10 Å². The summed E-state index contributed by atoms with van der Waals surface area (Å²) in [5.41, 5.74) is 7.95. The monoisotopic (exact) mass is 284 g/mol. The average Bonchev–Trinajstić information content (AvgIpc) is 2.45. The zero-order chi connectivity index (χ0) is 14.8. The molecule has 1 aliphatic rings. The third-order valence-electron chi connectivity index (χ3n) is 4.42. The Morgan fingerprint density at radius 3 is 2.57 bits per heavy atom. The molecule has 1 fully saturated rings. The number of para-hydroxylation sites is 1. The molecule has 21 heavy (non-hydrogen) atoms. The lowest BCUT2D eigenvalue weighted by atomic mass is 9.82. The van der Waals surface area contributed by atoms with Crippen LogP contribution in [0, 0.1) is 11.8 Å². The molecule has 2 unspecified atom stereocenters. The molecule has 3 nitrogen and oxygen atoms in total. The Bertz CT molecular complexity index is 616. The highest BCUT2D eigenvalue weighted by Crippen LogP contribution is 2.31. The van der Waals surface area contributed by atoms with Crippen LogP contribution in [0.5, 0.6) is 5.88 Å². The van der Waals surface area contributed by atoms with Gasteiger partial charge < -0.3 is 10.5 Å². The normalized spacial score (nSPS) is 26.0. The number of hydrogen-bond donors (Lipinski definition) is 1. The van der Waals surface area contributed by atoms with E-state index in [4.69, 9.17) is 10.5 Å². The summed E-state index contributed by atoms with van der Waals surface area (Å²) in [7, 11) is 0. The summed E-state index contributed by atoms with van der Waals surface area (Å²) in [6.45, 7) is 5.13. The molecule has 0 radical (unpaired) electrons. The first kappa shape index (κ1) is 14.3. The van der Waals surface area contributed by atoms with Crippen LogP contribution in [0.15, 0.2) is 30.3 Å². The molecule has 0 amide bonds. The highest BCUT2D eigenvalue weighted by atomic mass is 16.5. The van der Waals surface area contributed by atoms with Crippen molar-refractivity contribution in [3.63, 3.8) is 0 Å². The molecule has 1 aliphatic carbocycles. The summed E-state index contributed by atoms with van der Waals surface area (Å²) in [6.07, 6.45) is 3.83. The average molecular weight is 284 g/mol. The Kier molecular flexibility index (Phi) is 4.11. The van der Waals surface area contributed by atoms with E-state index in [1.54, 1.807) is 0 Å². The third-order valence-corrected chi connectivity index (χ3v) is 4.42. The molecule has 112 valence electrons. The van der Waals surface area contributed by atoms with Gasteiger partial charge in [-0.2, -0.15) is 0 Å². The van der Waals surface area contributed by atoms with Crippen LogP contribution < -0.4 is 10.5 Å². The van der Waals surface area contributed by atoms with Crippen LogP contribution in [0.2, 0.25) is 0 Å². The van der Waals surface area contributed by atoms with Crippen molar-refractivity contribution in [1.82, 2.24) is 4.98 Å². The number of benzene rings is 1. The standard InChI is InChI=1S/C18H24N2O/c1-12-7-13(2)9-15(8-12)21-18-10-14(11-19)16-5-3-4-6-17(16)20-18/h3-6,10,12-13,15H,7-9,11,19H2,1-2H3. The van der Waals surface area contributed by atoms with Crippen molar-refractivity contribution in [2.24, 2.45) is 17.6 Å². The van der Waals surface area contributed by atoms with Gasteiger partial charge in [0.05, 0.1) is 5.52 Å². The first-order valence-corrected chi connectivity index (χ1v) is 7.91. The van der Waals surface area contributed by atoms with Gasteiger partial charge in [0.1, 0.15) is 6.10 Å². The lowest BCUT2D eigenvalue weighted by molar-refractivity contribution is 0.0970. The van der Waals surface area contributed by atoms with E-state index in [1.807, 2.05) is 24.3 Å². The first-order valence-electron chi connectivity index (χ1n) is 7.91. The molecule has 2 N–H and O–H groups in total. The molecule has 0 aliphatic heterocycles. The molecule has 0 saturated heterocycles. The Morgan fingerprint density at radius 1 is 1.14 bits per heavy atom. The molecular weight excluding hydrogens is 260 g/mol. The lowest BCUT2D eigenvalue weighted by Crippen LogP contribution is -2.28. The molecule has 0 spiro atoms. The number of nitrogens with two attached hydrogens (primary N) is 1. The molecule has 3 heteroatoms. The van der Waals surface area contributed by atoms with Crippen molar-refractivity contribution in [2.45, 2.75) is 45.8 Å². The van der Waals surface area contributed by atoms with Gasteiger partial charge in [-0.15, -0.1) is 0 Å². The van der Waals surface area contributed by atoms with Gasteiger partial charge in [-0.1, -0.05) is 32.0 Å². The van der Waals surface area contributed by atoms with Crippen molar-refractivity contribution in [3.05, 3.63) is 35.9 Å². The van der Waals surface area contributed by atoms with E-state index in [9.17, 15) is 0 Å². The summed E-state index contributed by atoms with van der Waals surface area (Å²) in [6, 6.07) is 10.1. The Balaban J connectivity index is 1.87. The molecule has 1 aromatic heterocycles. The van der Waals surface area contributed by atoms with Gasteiger partial charge in [-0.3, -0.25) is 0 Å². The minimum absolute atomic E-state index is 0.281. The van der Waals surface area contributed by atoms with E-state index in [2.05, 4.69) is 24.9 Å². The van der Waals surface area contributed by atoms with Gasteiger partial charge in [0.2, 0.25) is 5.88 Å². The highest BCUT2D eigenvalue weighted by molar-refractivity contribution is 5.82. The second kappa shape index (κ2) is 6.02. The lowest BCUT2D eigenvalue weighted by Gasteiger charge is -2.31. The number of rotatable bonds is 3. The minimum Gasteiger partial charge on any atom is -0.474 e. The first-order chi connectivity index (χ1) is 10.2. The van der Waals surface area contributed by atoms with Crippen LogP contribution in [0.25, 0.3) is 10.9 Å². The van der Waals surface area contributed by atoms with Gasteiger partial charge in [-0.05, 0) is 42.7 Å². The van der Waals surface area contributed by atoms with E-state index in [1.165, 1.54) is 6.42 Å². The molecule has 1 aromatic carbocycles. The fourth-order valence-corrected chi connectivity index (χ4v) is 3.59. The van der Waals surface area contributed by atoms with Crippen LogP contribution in [0.1, 0.15) is 38.7 Å². The molecule has 3 rings (SSSR count). The number of hydrogen-bond acceptors (Lipinski definition) is 3.